The number of para-hydroxylation sites is 1. The van der Waals surface area contributed by atoms with E-state index >= 15 is 0 Å². The third kappa shape index (κ3) is 7.32. The Morgan fingerprint density at radius 1 is 1.22 bits per heavy atom. The Balaban J connectivity index is 1.67. The highest BCUT2D eigenvalue weighted by atomic mass is 16.4. The van der Waals surface area contributed by atoms with Crippen LogP contribution >= 0.6 is 0 Å². The number of carboxylic acids is 1. The minimum Gasteiger partial charge on any atom is -0.480 e. The number of rotatable bonds is 13. The van der Waals surface area contributed by atoms with Crippen LogP contribution in [-0.2, 0) is 16.0 Å². The van der Waals surface area contributed by atoms with Crippen molar-refractivity contribution in [2.75, 3.05) is 6.54 Å². The van der Waals surface area contributed by atoms with Crippen LogP contribution in [0.4, 0.5) is 0 Å². The maximum atomic E-state index is 12.9. The first-order valence-electron chi connectivity index (χ1n) is 12.1. The van der Waals surface area contributed by atoms with Crippen LogP contribution < -0.4 is 22.1 Å². The number of hydrogen-bond acceptors (Lipinski definition) is 6. The van der Waals surface area contributed by atoms with Crippen LogP contribution in [0.2, 0.25) is 0 Å². The van der Waals surface area contributed by atoms with Gasteiger partial charge in [-0.25, -0.2) is 9.78 Å². The standard InChI is InChI=1S/C25H33N7O5/c1-3-14(2)21(32-20(33)11-15-12-29-17-8-5-4-7-16(15)17)23-31-19(13-37-23)22(34)30-18(24(35)36)9-6-10-28-25(26)27/h4-5,7-8,12-14,18,21,29H,3,6,9-11H2,1-2H3,(H,30,34)(H,32,33)(H,35,36)(H4,26,27,28)/t14-,18-,21-/m0/s1. The first-order chi connectivity index (χ1) is 17.7. The summed E-state index contributed by atoms with van der Waals surface area (Å²) in [6.07, 6.45) is 4.33. The molecule has 12 nitrogen and oxygen atoms in total. The summed E-state index contributed by atoms with van der Waals surface area (Å²) in [6.45, 7) is 4.16. The van der Waals surface area contributed by atoms with Gasteiger partial charge in [-0.05, 0) is 30.4 Å². The average molecular weight is 512 g/mol. The zero-order chi connectivity index (χ0) is 26.9. The number of aromatic nitrogens is 2. The van der Waals surface area contributed by atoms with E-state index in [1.165, 1.54) is 0 Å². The number of benzene rings is 1. The molecule has 0 spiro atoms. The molecular weight excluding hydrogens is 478 g/mol. The Morgan fingerprint density at radius 3 is 2.68 bits per heavy atom. The van der Waals surface area contributed by atoms with Crippen LogP contribution in [0.5, 0.6) is 0 Å². The predicted octanol–water partition coefficient (Wildman–Crippen LogP) is 1.84. The Bertz CT molecular complexity index is 1260. The van der Waals surface area contributed by atoms with Crippen molar-refractivity contribution in [2.24, 2.45) is 22.4 Å². The molecule has 2 aromatic heterocycles. The van der Waals surface area contributed by atoms with Crippen molar-refractivity contribution >= 4 is 34.6 Å². The van der Waals surface area contributed by atoms with Gasteiger partial charge in [0, 0.05) is 23.6 Å². The fourth-order valence-electron chi connectivity index (χ4n) is 3.89. The molecule has 8 N–H and O–H groups in total. The summed E-state index contributed by atoms with van der Waals surface area (Å²) in [4.78, 5) is 48.4. The highest BCUT2D eigenvalue weighted by Gasteiger charge is 2.28. The second-order valence-electron chi connectivity index (χ2n) is 8.85. The van der Waals surface area contributed by atoms with E-state index in [2.05, 4.69) is 25.6 Å². The van der Waals surface area contributed by atoms with E-state index in [0.29, 0.717) is 6.42 Å². The maximum absolute atomic E-state index is 12.9. The molecule has 0 bridgehead atoms. The van der Waals surface area contributed by atoms with E-state index in [0.717, 1.165) is 29.2 Å². The topological polar surface area (TPSA) is 202 Å². The normalized spacial score (nSPS) is 13.5. The Kier molecular flexibility index (Phi) is 9.25. The summed E-state index contributed by atoms with van der Waals surface area (Å²) < 4.78 is 5.56. The van der Waals surface area contributed by atoms with Crippen LogP contribution in [0.1, 0.15) is 61.1 Å². The van der Waals surface area contributed by atoms with Crippen LogP contribution in [0.15, 0.2) is 46.1 Å². The number of aromatic amines is 1. The lowest BCUT2D eigenvalue weighted by Gasteiger charge is -2.21. The number of aliphatic carboxylic acids is 1. The largest absolute Gasteiger partial charge is 0.480 e. The van der Waals surface area contributed by atoms with Gasteiger partial charge in [0.15, 0.2) is 11.7 Å². The fraction of sp³-hybridized carbons (Fsp3) is 0.400. The highest BCUT2D eigenvalue weighted by Crippen LogP contribution is 2.25. The van der Waals surface area contributed by atoms with Gasteiger partial charge in [-0.2, -0.15) is 0 Å². The summed E-state index contributed by atoms with van der Waals surface area (Å²) in [6, 6.07) is 6.00. The lowest BCUT2D eigenvalue weighted by Crippen LogP contribution is -2.41. The van der Waals surface area contributed by atoms with Gasteiger partial charge in [0.2, 0.25) is 11.8 Å². The summed E-state index contributed by atoms with van der Waals surface area (Å²) >= 11 is 0. The van der Waals surface area contributed by atoms with E-state index in [4.69, 9.17) is 15.9 Å². The van der Waals surface area contributed by atoms with Gasteiger partial charge in [-0.3, -0.25) is 14.6 Å². The molecule has 2 heterocycles. The lowest BCUT2D eigenvalue weighted by atomic mass is 9.98. The molecular formula is C25H33N7O5. The number of guanidine groups is 1. The molecule has 0 saturated carbocycles. The molecule has 0 saturated heterocycles. The maximum Gasteiger partial charge on any atom is 0.326 e. The monoisotopic (exact) mass is 511 g/mol. The molecule has 37 heavy (non-hydrogen) atoms. The van der Waals surface area contributed by atoms with Gasteiger partial charge in [0.05, 0.1) is 6.42 Å². The van der Waals surface area contributed by atoms with E-state index in [1.54, 1.807) is 0 Å². The molecule has 3 rings (SSSR count). The Morgan fingerprint density at radius 2 is 1.97 bits per heavy atom. The summed E-state index contributed by atoms with van der Waals surface area (Å²) in [5.74, 6) is -2.06. The molecule has 0 aliphatic rings. The molecule has 1 aromatic carbocycles. The van der Waals surface area contributed by atoms with Crippen LogP contribution in [-0.4, -0.2) is 51.4 Å². The second-order valence-corrected chi connectivity index (χ2v) is 8.85. The molecule has 12 heteroatoms. The number of carboxylic acid groups (broad SMARTS) is 1. The smallest absolute Gasteiger partial charge is 0.326 e. The summed E-state index contributed by atoms with van der Waals surface area (Å²) in [5.41, 5.74) is 12.3. The summed E-state index contributed by atoms with van der Waals surface area (Å²) in [7, 11) is 0. The molecule has 3 atom stereocenters. The minimum absolute atomic E-state index is 0.0382. The first-order valence-corrected chi connectivity index (χ1v) is 12.1. The van der Waals surface area contributed by atoms with Gasteiger partial charge in [0.25, 0.3) is 5.91 Å². The number of amides is 2. The Labute approximate surface area is 213 Å². The van der Waals surface area contributed by atoms with Crippen molar-refractivity contribution in [1.82, 2.24) is 20.6 Å². The number of nitrogens with two attached hydrogens (primary N) is 2. The van der Waals surface area contributed by atoms with Crippen molar-refractivity contribution in [1.29, 1.82) is 0 Å². The third-order valence-electron chi connectivity index (χ3n) is 6.12. The van der Waals surface area contributed by atoms with Crippen LogP contribution in [0.3, 0.4) is 0 Å². The number of aliphatic imine (C=N–C) groups is 1. The molecule has 0 radical (unpaired) electrons. The molecule has 0 fully saturated rings. The molecule has 198 valence electrons. The van der Waals surface area contributed by atoms with Crippen molar-refractivity contribution < 1.29 is 23.9 Å². The van der Waals surface area contributed by atoms with E-state index in [9.17, 15) is 19.5 Å². The number of H-pyrrole nitrogens is 1. The number of hydrogen-bond donors (Lipinski definition) is 6. The molecule has 2 amide bonds. The number of carbonyl (C=O) groups is 3. The number of fused-ring (bicyclic) bond motifs is 1. The molecule has 0 aliphatic heterocycles. The molecule has 0 unspecified atom stereocenters. The SMILES string of the molecule is CC[C@H](C)[C@H](NC(=O)Cc1c[nH]c2ccccc12)c1nc(C(=O)N[C@@H](CCCN=C(N)N)C(=O)O)co1. The van der Waals surface area contributed by atoms with Crippen LogP contribution in [0, 0.1) is 5.92 Å². The van der Waals surface area contributed by atoms with E-state index in [-0.39, 0.29) is 48.8 Å². The highest BCUT2D eigenvalue weighted by molar-refractivity contribution is 5.94. The van der Waals surface area contributed by atoms with E-state index in [1.807, 2.05) is 44.3 Å². The quantitative estimate of drug-likeness (QED) is 0.113. The Hall–Kier alpha value is -4.35. The molecule has 3 aromatic rings. The zero-order valence-corrected chi connectivity index (χ0v) is 20.9. The van der Waals surface area contributed by atoms with Crippen LogP contribution in [0.25, 0.3) is 10.9 Å². The number of nitrogens with one attached hydrogen (secondary N) is 3. The minimum atomic E-state index is -1.19. The van der Waals surface area contributed by atoms with E-state index < -0.39 is 24.0 Å². The van der Waals surface area contributed by atoms with Gasteiger partial charge in [-0.15, -0.1) is 0 Å². The second kappa shape index (κ2) is 12.6. The molecule has 0 aliphatic carbocycles. The van der Waals surface area contributed by atoms with Gasteiger partial charge in [0.1, 0.15) is 18.3 Å². The van der Waals surface area contributed by atoms with Crippen molar-refractivity contribution in [3.63, 3.8) is 0 Å². The average Bonchev–Trinajstić information content (AvgIpc) is 3.51. The van der Waals surface area contributed by atoms with Gasteiger partial charge >= 0.3 is 5.97 Å². The summed E-state index contributed by atoms with van der Waals surface area (Å²) in [5, 5.41) is 15.8. The fourth-order valence-corrected chi connectivity index (χ4v) is 3.89. The van der Waals surface area contributed by atoms with Crippen molar-refractivity contribution in [3.05, 3.63) is 53.9 Å². The number of oxazole rings is 1. The van der Waals surface area contributed by atoms with Gasteiger partial charge < -0.3 is 36.6 Å². The number of nitrogens with zero attached hydrogens (tertiary/aromatic N) is 2. The lowest BCUT2D eigenvalue weighted by molar-refractivity contribution is -0.139. The van der Waals surface area contributed by atoms with Crippen molar-refractivity contribution in [2.45, 2.75) is 51.6 Å². The zero-order valence-electron chi connectivity index (χ0n) is 20.9. The first kappa shape index (κ1) is 27.2. The number of carbonyl (C=O) groups excluding carboxylic acids is 2. The van der Waals surface area contributed by atoms with Crippen molar-refractivity contribution in [3.8, 4) is 0 Å². The van der Waals surface area contributed by atoms with Gasteiger partial charge in [-0.1, -0.05) is 38.5 Å². The third-order valence-corrected chi connectivity index (χ3v) is 6.12. The predicted molar refractivity (Wildman–Crippen MR) is 138 cm³/mol.